The lowest BCUT2D eigenvalue weighted by Crippen LogP contribution is -2.03. The number of hydrogen-bond donors (Lipinski definition) is 1. The monoisotopic (exact) mass is 269 g/mol. The van der Waals surface area contributed by atoms with Crippen LogP contribution in [0.15, 0.2) is 12.7 Å². The van der Waals surface area contributed by atoms with Crippen LogP contribution in [0.3, 0.4) is 0 Å². The van der Waals surface area contributed by atoms with Gasteiger partial charge in [-0.25, -0.2) is 0 Å². The second-order valence-electron chi connectivity index (χ2n) is 2.70. The highest BCUT2D eigenvalue weighted by Crippen LogP contribution is 2.32. The summed E-state index contributed by atoms with van der Waals surface area (Å²) in [4.78, 5) is 0. The van der Waals surface area contributed by atoms with Gasteiger partial charge in [0.05, 0.1) is 0 Å². The van der Waals surface area contributed by atoms with E-state index in [0.29, 0.717) is 17.9 Å². The van der Waals surface area contributed by atoms with Crippen LogP contribution >= 0.6 is 23.1 Å². The second-order valence-corrected chi connectivity index (χ2v) is 4.83. The van der Waals surface area contributed by atoms with E-state index in [-0.39, 0.29) is 5.13 Å². The molecule has 1 N–H and O–H groups in total. The molecule has 0 aliphatic heterocycles. The molecule has 0 fully saturated rings. The number of nitrogens with one attached hydrogen (secondary N) is 1. The number of halogens is 3. The molecule has 1 heterocycles. The Balaban J connectivity index is 2.32. The summed E-state index contributed by atoms with van der Waals surface area (Å²) in [6.45, 7) is 4.12. The van der Waals surface area contributed by atoms with Crippen molar-refractivity contribution in [2.24, 2.45) is 0 Å². The average Bonchev–Trinajstić information content (AvgIpc) is 2.65. The van der Waals surface area contributed by atoms with E-state index in [2.05, 4.69) is 22.1 Å². The minimum absolute atomic E-state index is 0.200. The summed E-state index contributed by atoms with van der Waals surface area (Å²) in [5.74, 6) is 1.61. The van der Waals surface area contributed by atoms with Crippen molar-refractivity contribution in [3.05, 3.63) is 17.7 Å². The molecule has 0 amide bonds. The lowest BCUT2D eigenvalue weighted by molar-refractivity contribution is -0.138. The van der Waals surface area contributed by atoms with Gasteiger partial charge < -0.3 is 5.32 Å². The van der Waals surface area contributed by atoms with Gasteiger partial charge in [0.15, 0.2) is 0 Å². The van der Waals surface area contributed by atoms with Gasteiger partial charge in [-0.2, -0.15) is 24.9 Å². The third kappa shape index (κ3) is 4.40. The molecule has 8 heteroatoms. The number of rotatable bonds is 6. The summed E-state index contributed by atoms with van der Waals surface area (Å²) in [5, 5.41) is 8.53. The first-order chi connectivity index (χ1) is 7.54. The number of hydrogen-bond acceptors (Lipinski definition) is 5. The molecule has 0 spiro atoms. The Morgan fingerprint density at radius 3 is 2.75 bits per heavy atom. The molecule has 90 valence electrons. The summed E-state index contributed by atoms with van der Waals surface area (Å²) >= 11 is 2.15. The summed E-state index contributed by atoms with van der Waals surface area (Å²) in [5.41, 5.74) is 0. The highest BCUT2D eigenvalue weighted by atomic mass is 32.2. The first-order valence-corrected chi connectivity index (χ1v) is 6.34. The molecule has 0 bridgehead atoms. The first-order valence-electron chi connectivity index (χ1n) is 4.37. The van der Waals surface area contributed by atoms with E-state index in [1.807, 2.05) is 0 Å². The molecule has 0 aliphatic carbocycles. The highest BCUT2D eigenvalue weighted by molar-refractivity contribution is 7.99. The Bertz CT molecular complexity index is 338. The molecule has 3 nitrogen and oxygen atoms in total. The Morgan fingerprint density at radius 2 is 2.19 bits per heavy atom. The molecule has 0 aromatic carbocycles. The van der Waals surface area contributed by atoms with Crippen LogP contribution in [0.1, 0.15) is 5.01 Å². The normalized spacial score (nSPS) is 11.4. The van der Waals surface area contributed by atoms with E-state index >= 15 is 0 Å². The van der Waals surface area contributed by atoms with Crippen molar-refractivity contribution in [3.8, 4) is 0 Å². The molecule has 0 saturated heterocycles. The molecule has 0 atom stereocenters. The largest absolute Gasteiger partial charge is 0.445 e. The van der Waals surface area contributed by atoms with Crippen molar-refractivity contribution in [1.29, 1.82) is 0 Å². The lowest BCUT2D eigenvalue weighted by atomic mass is 10.7. The number of thioether (sulfide) groups is 1. The van der Waals surface area contributed by atoms with Crippen LogP contribution in [0.4, 0.5) is 18.3 Å². The topological polar surface area (TPSA) is 37.8 Å². The molecular formula is C8H10F3N3S2. The van der Waals surface area contributed by atoms with Gasteiger partial charge >= 0.3 is 6.18 Å². The fraction of sp³-hybridized carbons (Fsp3) is 0.500. The van der Waals surface area contributed by atoms with E-state index in [1.54, 1.807) is 17.8 Å². The van der Waals surface area contributed by atoms with Gasteiger partial charge in [-0.3, -0.25) is 0 Å². The Kier molecular flexibility index (Phi) is 5.07. The van der Waals surface area contributed by atoms with Gasteiger partial charge in [0.25, 0.3) is 0 Å². The molecule has 1 rings (SSSR count). The second kappa shape index (κ2) is 6.09. The maximum absolute atomic E-state index is 12.2. The van der Waals surface area contributed by atoms with Gasteiger partial charge in [0.1, 0.15) is 0 Å². The third-order valence-corrected chi connectivity index (χ3v) is 3.32. The van der Waals surface area contributed by atoms with Crippen LogP contribution < -0.4 is 5.32 Å². The van der Waals surface area contributed by atoms with Crippen molar-refractivity contribution in [3.63, 3.8) is 0 Å². The van der Waals surface area contributed by atoms with Gasteiger partial charge in [0, 0.05) is 18.1 Å². The third-order valence-electron chi connectivity index (χ3n) is 1.43. The van der Waals surface area contributed by atoms with Crippen LogP contribution in [-0.2, 0) is 6.18 Å². The maximum atomic E-state index is 12.2. The molecule has 16 heavy (non-hydrogen) atoms. The van der Waals surface area contributed by atoms with Crippen LogP contribution in [0.5, 0.6) is 0 Å². The predicted molar refractivity (Wildman–Crippen MR) is 60.9 cm³/mol. The summed E-state index contributed by atoms with van der Waals surface area (Å²) in [7, 11) is 0. The van der Waals surface area contributed by atoms with E-state index in [4.69, 9.17) is 0 Å². The number of aromatic nitrogens is 2. The van der Waals surface area contributed by atoms with Gasteiger partial charge in [-0.1, -0.05) is 17.4 Å². The molecule has 0 saturated carbocycles. The fourth-order valence-corrected chi connectivity index (χ4v) is 2.02. The van der Waals surface area contributed by atoms with Crippen molar-refractivity contribution < 1.29 is 13.2 Å². The molecule has 0 radical (unpaired) electrons. The average molecular weight is 269 g/mol. The van der Waals surface area contributed by atoms with Gasteiger partial charge in [-0.05, 0) is 0 Å². The van der Waals surface area contributed by atoms with E-state index in [1.165, 1.54) is 0 Å². The first kappa shape index (κ1) is 13.3. The van der Waals surface area contributed by atoms with Gasteiger partial charge in [0.2, 0.25) is 10.1 Å². The Hall–Kier alpha value is -0.760. The van der Waals surface area contributed by atoms with E-state index < -0.39 is 11.2 Å². The van der Waals surface area contributed by atoms with Crippen LogP contribution in [0.25, 0.3) is 0 Å². The fourth-order valence-electron chi connectivity index (χ4n) is 0.806. The SMILES string of the molecule is C=CCSCCNc1nnc(C(F)(F)F)s1. The Morgan fingerprint density at radius 1 is 1.44 bits per heavy atom. The lowest BCUT2D eigenvalue weighted by Gasteiger charge is -2.00. The zero-order valence-corrected chi connectivity index (χ0v) is 9.88. The van der Waals surface area contributed by atoms with Crippen molar-refractivity contribution in [2.45, 2.75) is 6.18 Å². The predicted octanol–water partition coefficient (Wildman–Crippen LogP) is 2.89. The highest BCUT2D eigenvalue weighted by Gasteiger charge is 2.35. The zero-order chi connectivity index (χ0) is 12.0. The van der Waals surface area contributed by atoms with Gasteiger partial charge in [-0.15, -0.1) is 16.8 Å². The maximum Gasteiger partial charge on any atom is 0.445 e. The standard InChI is InChI=1S/C8H10F3N3S2/c1-2-4-15-5-3-12-7-14-13-6(16-7)8(9,10)11/h2H,1,3-5H2,(H,12,14). The molecule has 0 unspecified atom stereocenters. The smallest absolute Gasteiger partial charge is 0.359 e. The van der Waals surface area contributed by atoms with Crippen molar-refractivity contribution in [2.75, 3.05) is 23.4 Å². The number of nitrogens with zero attached hydrogens (tertiary/aromatic N) is 2. The van der Waals surface area contributed by atoms with Crippen LogP contribution in [0, 0.1) is 0 Å². The molecular weight excluding hydrogens is 259 g/mol. The molecule has 0 aliphatic rings. The van der Waals surface area contributed by atoms with E-state index in [0.717, 1.165) is 11.5 Å². The minimum atomic E-state index is -4.41. The quantitative estimate of drug-likeness (QED) is 0.636. The minimum Gasteiger partial charge on any atom is -0.359 e. The Labute approximate surface area is 99.1 Å². The van der Waals surface area contributed by atoms with E-state index in [9.17, 15) is 13.2 Å². The molecule has 1 aromatic heterocycles. The molecule has 1 aromatic rings. The summed E-state index contributed by atoms with van der Waals surface area (Å²) in [6.07, 6.45) is -2.63. The van der Waals surface area contributed by atoms with Crippen molar-refractivity contribution in [1.82, 2.24) is 10.2 Å². The van der Waals surface area contributed by atoms with Crippen molar-refractivity contribution >= 4 is 28.2 Å². The summed E-state index contributed by atoms with van der Waals surface area (Å²) < 4.78 is 36.5. The van der Waals surface area contributed by atoms with Crippen LogP contribution in [-0.4, -0.2) is 28.2 Å². The summed E-state index contributed by atoms with van der Waals surface area (Å²) in [6, 6.07) is 0. The zero-order valence-electron chi connectivity index (χ0n) is 8.25. The number of anilines is 1. The van der Waals surface area contributed by atoms with Crippen LogP contribution in [0.2, 0.25) is 0 Å². The number of alkyl halides is 3.